The monoisotopic (exact) mass is 1260 g/mol. The van der Waals surface area contributed by atoms with E-state index in [1.807, 2.05) is 0 Å². The Balaban J connectivity index is 3.36. The van der Waals surface area contributed by atoms with Gasteiger partial charge in [0, 0.05) is 12.8 Å². The molecule has 0 aliphatic carbocycles. The van der Waals surface area contributed by atoms with Gasteiger partial charge in [-0.1, -0.05) is 403 Å². The lowest BCUT2D eigenvalue weighted by molar-refractivity contribution is -0.143. The van der Waals surface area contributed by atoms with Crippen molar-refractivity contribution >= 4 is 11.9 Å². The quantitative estimate of drug-likeness (QED) is 0.0320. The van der Waals surface area contributed by atoms with Gasteiger partial charge in [0.2, 0.25) is 5.91 Å². The molecule has 6 nitrogen and oxygen atoms in total. The predicted molar refractivity (Wildman–Crippen MR) is 398 cm³/mol. The van der Waals surface area contributed by atoms with Gasteiger partial charge in [-0.3, -0.25) is 9.59 Å². The minimum Gasteiger partial charge on any atom is -0.466 e. The van der Waals surface area contributed by atoms with Crippen LogP contribution in [0.25, 0.3) is 0 Å². The van der Waals surface area contributed by atoms with E-state index in [1.54, 1.807) is 0 Å². The summed E-state index contributed by atoms with van der Waals surface area (Å²) in [5.74, 6) is -0.0206. The molecular formula is C84H161NO5. The number of carbonyl (C=O) groups excluding carboxylic acids is 2. The molecule has 0 spiro atoms. The Morgan fingerprint density at radius 1 is 0.311 bits per heavy atom. The molecule has 0 aliphatic rings. The van der Waals surface area contributed by atoms with E-state index in [9.17, 15) is 19.8 Å². The zero-order valence-corrected chi connectivity index (χ0v) is 61.1. The maximum absolute atomic E-state index is 12.6. The number of carbonyl (C=O) groups is 2. The minimum absolute atomic E-state index is 0.00545. The van der Waals surface area contributed by atoms with Gasteiger partial charge < -0.3 is 20.3 Å². The summed E-state index contributed by atoms with van der Waals surface area (Å²) in [5.41, 5.74) is 0. The molecule has 1 amide bonds. The summed E-state index contributed by atoms with van der Waals surface area (Å²) in [4.78, 5) is 24.7. The fourth-order valence-electron chi connectivity index (χ4n) is 13.1. The van der Waals surface area contributed by atoms with Gasteiger partial charge in [0.25, 0.3) is 0 Å². The van der Waals surface area contributed by atoms with Crippen molar-refractivity contribution < 1.29 is 24.5 Å². The van der Waals surface area contributed by atoms with Crippen molar-refractivity contribution in [3.05, 3.63) is 36.5 Å². The Labute approximate surface area is 564 Å². The minimum atomic E-state index is -0.664. The van der Waals surface area contributed by atoms with Crippen LogP contribution >= 0.6 is 0 Å². The van der Waals surface area contributed by atoms with E-state index in [0.717, 1.165) is 51.4 Å². The van der Waals surface area contributed by atoms with Crippen LogP contribution in [0.4, 0.5) is 0 Å². The summed E-state index contributed by atoms with van der Waals surface area (Å²) in [5, 5.41) is 23.5. The molecular weight excluding hydrogens is 1100 g/mol. The number of allylic oxidation sites excluding steroid dienone is 6. The van der Waals surface area contributed by atoms with E-state index in [1.165, 1.54) is 379 Å². The van der Waals surface area contributed by atoms with Crippen molar-refractivity contribution in [1.29, 1.82) is 0 Å². The van der Waals surface area contributed by atoms with Gasteiger partial charge in [0.15, 0.2) is 0 Å². The molecule has 0 fully saturated rings. The molecule has 0 radical (unpaired) electrons. The first-order valence-electron chi connectivity index (χ1n) is 41.2. The average Bonchev–Trinajstić information content (AvgIpc) is 3.61. The molecule has 2 atom stereocenters. The standard InChI is InChI=1S/C84H161NO5/c1-3-5-7-9-11-13-15-17-19-20-21-22-23-33-36-39-42-45-49-52-56-60-64-68-72-76-82(87)81(80-86)85-83(88)77-73-69-65-61-57-53-50-46-43-40-37-34-31-29-27-25-24-26-28-30-32-35-38-41-44-47-51-55-59-63-67-71-75-79-90-84(89)78-74-70-66-62-58-54-48-18-16-14-12-10-8-6-4-2/h12,14,18,28,30,48,81-82,86-87H,3-11,13,15-17,19-27,29,31-47,49-80H2,1-2H3,(H,85,88)/b14-12-,30-28-,48-18-. The zero-order valence-electron chi connectivity index (χ0n) is 61.1. The van der Waals surface area contributed by atoms with Crippen LogP contribution < -0.4 is 5.32 Å². The van der Waals surface area contributed by atoms with Crippen molar-refractivity contribution in [2.45, 2.75) is 475 Å². The molecule has 0 aliphatic heterocycles. The smallest absolute Gasteiger partial charge is 0.305 e. The van der Waals surface area contributed by atoms with Gasteiger partial charge >= 0.3 is 5.97 Å². The maximum atomic E-state index is 12.6. The Hall–Kier alpha value is -1.92. The first-order chi connectivity index (χ1) is 44.5. The number of rotatable bonds is 78. The number of hydrogen-bond acceptors (Lipinski definition) is 5. The third kappa shape index (κ3) is 75.1. The molecule has 0 aromatic heterocycles. The fourth-order valence-corrected chi connectivity index (χ4v) is 13.1. The van der Waals surface area contributed by atoms with Crippen LogP contribution in [0.3, 0.4) is 0 Å². The number of ether oxygens (including phenoxy) is 1. The Morgan fingerprint density at radius 2 is 0.556 bits per heavy atom. The van der Waals surface area contributed by atoms with Crippen LogP contribution in [0.15, 0.2) is 36.5 Å². The number of unbranched alkanes of at least 4 members (excludes halogenated alkanes) is 61. The van der Waals surface area contributed by atoms with Gasteiger partial charge in [-0.05, 0) is 83.5 Å². The second kappa shape index (κ2) is 79.5. The van der Waals surface area contributed by atoms with E-state index < -0.39 is 12.1 Å². The van der Waals surface area contributed by atoms with Crippen molar-refractivity contribution in [3.8, 4) is 0 Å². The molecule has 0 aromatic carbocycles. The molecule has 532 valence electrons. The number of nitrogens with one attached hydrogen (secondary N) is 1. The normalized spacial score (nSPS) is 12.6. The van der Waals surface area contributed by atoms with E-state index in [4.69, 9.17) is 4.74 Å². The molecule has 2 unspecified atom stereocenters. The molecule has 0 rings (SSSR count). The molecule has 0 saturated carbocycles. The maximum Gasteiger partial charge on any atom is 0.305 e. The van der Waals surface area contributed by atoms with Gasteiger partial charge in [-0.15, -0.1) is 0 Å². The zero-order chi connectivity index (χ0) is 64.9. The van der Waals surface area contributed by atoms with E-state index in [0.29, 0.717) is 25.9 Å². The van der Waals surface area contributed by atoms with E-state index in [2.05, 4.69) is 55.6 Å². The average molecular weight is 1270 g/mol. The molecule has 3 N–H and O–H groups in total. The first kappa shape index (κ1) is 88.1. The van der Waals surface area contributed by atoms with Gasteiger partial charge in [0.05, 0.1) is 25.4 Å². The van der Waals surface area contributed by atoms with Crippen LogP contribution in [0.2, 0.25) is 0 Å². The lowest BCUT2D eigenvalue weighted by Gasteiger charge is -2.22. The van der Waals surface area contributed by atoms with Crippen LogP contribution in [0.5, 0.6) is 0 Å². The van der Waals surface area contributed by atoms with Crippen LogP contribution in [-0.4, -0.2) is 47.4 Å². The number of aliphatic hydroxyl groups is 2. The molecule has 0 bridgehead atoms. The largest absolute Gasteiger partial charge is 0.466 e. The third-order valence-corrected chi connectivity index (χ3v) is 19.4. The molecule has 0 saturated heterocycles. The molecule has 0 heterocycles. The third-order valence-electron chi connectivity index (χ3n) is 19.4. The fraction of sp³-hybridized carbons (Fsp3) is 0.905. The van der Waals surface area contributed by atoms with Gasteiger partial charge in [-0.2, -0.15) is 0 Å². The highest BCUT2D eigenvalue weighted by Crippen LogP contribution is 2.20. The Kier molecular flexibility index (Phi) is 77.8. The lowest BCUT2D eigenvalue weighted by atomic mass is 10.0. The summed E-state index contributed by atoms with van der Waals surface area (Å²) in [7, 11) is 0. The number of aliphatic hydroxyl groups excluding tert-OH is 2. The highest BCUT2D eigenvalue weighted by Gasteiger charge is 2.20. The lowest BCUT2D eigenvalue weighted by Crippen LogP contribution is -2.45. The predicted octanol–water partition coefficient (Wildman–Crippen LogP) is 27.4. The highest BCUT2D eigenvalue weighted by atomic mass is 16.5. The SMILES string of the molecule is CCCCC/C=C\C/C=C\CCCCCCCC(=O)OCCCCCCCCCCCCCC/C=C\CCCCCCCCCCCCCCCCCCCC(=O)NC(CO)C(O)CCCCCCCCCCCCCCCCCCCCCCCCCCC. The summed E-state index contributed by atoms with van der Waals surface area (Å²) in [6.45, 7) is 4.97. The number of hydrogen-bond donors (Lipinski definition) is 3. The van der Waals surface area contributed by atoms with Gasteiger partial charge in [0.1, 0.15) is 0 Å². The Bertz CT molecular complexity index is 1460. The van der Waals surface area contributed by atoms with Crippen molar-refractivity contribution in [2.75, 3.05) is 13.2 Å². The summed E-state index contributed by atoms with van der Waals surface area (Å²) in [6, 6.07) is -0.541. The summed E-state index contributed by atoms with van der Waals surface area (Å²) >= 11 is 0. The molecule has 6 heteroatoms. The van der Waals surface area contributed by atoms with Gasteiger partial charge in [-0.25, -0.2) is 0 Å². The molecule has 0 aromatic rings. The summed E-state index contributed by atoms with van der Waals surface area (Å²) < 4.78 is 5.49. The summed E-state index contributed by atoms with van der Waals surface area (Å²) in [6.07, 6.45) is 104. The first-order valence-corrected chi connectivity index (χ1v) is 41.2. The van der Waals surface area contributed by atoms with Crippen molar-refractivity contribution in [2.24, 2.45) is 0 Å². The topological polar surface area (TPSA) is 95.9 Å². The molecule has 90 heavy (non-hydrogen) atoms. The van der Waals surface area contributed by atoms with Crippen LogP contribution in [-0.2, 0) is 14.3 Å². The van der Waals surface area contributed by atoms with Crippen molar-refractivity contribution in [1.82, 2.24) is 5.32 Å². The van der Waals surface area contributed by atoms with E-state index >= 15 is 0 Å². The number of esters is 1. The second-order valence-corrected chi connectivity index (χ2v) is 28.5. The van der Waals surface area contributed by atoms with E-state index in [-0.39, 0.29) is 18.5 Å². The van der Waals surface area contributed by atoms with Crippen molar-refractivity contribution in [3.63, 3.8) is 0 Å². The van der Waals surface area contributed by atoms with Crippen LogP contribution in [0.1, 0.15) is 463 Å². The Morgan fingerprint density at radius 3 is 0.878 bits per heavy atom. The van der Waals surface area contributed by atoms with Crippen LogP contribution in [0, 0.1) is 0 Å². The number of amides is 1. The highest BCUT2D eigenvalue weighted by molar-refractivity contribution is 5.76. The second-order valence-electron chi connectivity index (χ2n) is 28.5.